The van der Waals surface area contributed by atoms with Crippen LogP contribution in [-0.2, 0) is 12.8 Å². The molecule has 0 aliphatic rings. The monoisotopic (exact) mass is 524 g/mol. The normalized spacial score (nSPS) is 11.4. The lowest BCUT2D eigenvalue weighted by molar-refractivity contribution is -0.385. The molecule has 1 N–H and O–H groups in total. The van der Waals surface area contributed by atoms with E-state index in [0.717, 1.165) is 6.07 Å². The number of methoxy groups -OCH3 is 1. The first-order valence-electron chi connectivity index (χ1n) is 9.88. The van der Waals surface area contributed by atoms with Gasteiger partial charge in [0, 0.05) is 18.2 Å². The molecule has 3 rings (SSSR count). The number of benzene rings is 3. The molecule has 0 aliphatic heterocycles. The lowest BCUT2D eigenvalue weighted by Gasteiger charge is -2.13. The minimum absolute atomic E-state index is 0.0374. The second-order valence-electron chi connectivity index (χ2n) is 7.11. The summed E-state index contributed by atoms with van der Waals surface area (Å²) in [5.74, 6) is 0.365. The molecule has 0 saturated heterocycles. The van der Waals surface area contributed by atoms with E-state index >= 15 is 0 Å². The van der Waals surface area contributed by atoms with Gasteiger partial charge in [-0.25, -0.2) is 0 Å². The van der Waals surface area contributed by atoms with Crippen molar-refractivity contribution < 1.29 is 32.5 Å². The van der Waals surface area contributed by atoms with Crippen LogP contribution in [0.4, 0.5) is 30.2 Å². The summed E-state index contributed by atoms with van der Waals surface area (Å²) in [6.45, 7) is -0.0374. The maximum Gasteiger partial charge on any atom is 0.416 e. The average Bonchev–Trinajstić information content (AvgIpc) is 2.82. The molecule has 3 aromatic carbocycles. The van der Waals surface area contributed by atoms with Gasteiger partial charge in [-0.1, -0.05) is 23.7 Å². The summed E-state index contributed by atoms with van der Waals surface area (Å²) in [6, 6.07) is 10.8. The number of rotatable bonds is 9. The fourth-order valence-electron chi connectivity index (χ4n) is 3.00. The number of ether oxygens (including phenoxy) is 2. The number of hydrogen-bond donors (Lipinski definition) is 1. The molecule has 3 aromatic rings. The fourth-order valence-corrected chi connectivity index (χ4v) is 3.27. The van der Waals surface area contributed by atoms with Crippen LogP contribution < -0.4 is 14.9 Å². The van der Waals surface area contributed by atoms with Crippen LogP contribution in [0, 0.1) is 20.2 Å². The molecule has 0 amide bonds. The summed E-state index contributed by atoms with van der Waals surface area (Å²) in [6.07, 6.45) is -3.51. The van der Waals surface area contributed by atoms with Gasteiger partial charge in [0.1, 0.15) is 12.3 Å². The van der Waals surface area contributed by atoms with E-state index in [9.17, 15) is 33.4 Å². The molecule has 0 unspecified atom stereocenters. The first-order chi connectivity index (χ1) is 17.0. The van der Waals surface area contributed by atoms with Gasteiger partial charge in [0.25, 0.3) is 11.4 Å². The Bertz CT molecular complexity index is 1330. The van der Waals surface area contributed by atoms with Crippen LogP contribution in [0.2, 0.25) is 5.02 Å². The Morgan fingerprint density at radius 1 is 1.08 bits per heavy atom. The number of hydrogen-bond acceptors (Lipinski definition) is 8. The molecule has 10 nitrogen and oxygen atoms in total. The van der Waals surface area contributed by atoms with Gasteiger partial charge in [0.15, 0.2) is 11.5 Å². The molecule has 14 heteroatoms. The van der Waals surface area contributed by atoms with Gasteiger partial charge in [0.05, 0.1) is 33.8 Å². The highest BCUT2D eigenvalue weighted by Crippen LogP contribution is 2.37. The van der Waals surface area contributed by atoms with E-state index in [1.165, 1.54) is 43.7 Å². The Morgan fingerprint density at radius 3 is 2.47 bits per heavy atom. The molecule has 36 heavy (non-hydrogen) atoms. The molecule has 0 aliphatic carbocycles. The van der Waals surface area contributed by atoms with Gasteiger partial charge in [-0.3, -0.25) is 25.7 Å². The number of hydrazone groups is 1. The predicted octanol–water partition coefficient (Wildman–Crippen LogP) is 6.21. The standard InChI is InChI=1S/C22H16ClF3N4O6/c1-35-20-9-14(8-17(23)21(20)36-12-13-3-2-4-16(7-13)29(31)32)11-27-28-18-6-5-15(22(24,25)26)10-19(18)30(33)34/h2-11,28H,12H2,1H3/b27-11-. The van der Waals surface area contributed by atoms with Gasteiger partial charge in [-0.05, 0) is 35.4 Å². The summed E-state index contributed by atoms with van der Waals surface area (Å²) < 4.78 is 49.5. The van der Waals surface area contributed by atoms with Gasteiger partial charge < -0.3 is 9.47 Å². The molecule has 0 bridgehead atoms. The predicted molar refractivity (Wildman–Crippen MR) is 125 cm³/mol. The Morgan fingerprint density at radius 2 is 1.83 bits per heavy atom. The van der Waals surface area contributed by atoms with E-state index in [0.29, 0.717) is 23.3 Å². The first kappa shape index (κ1) is 26.2. The number of nitro benzene ring substituents is 2. The van der Waals surface area contributed by atoms with Crippen LogP contribution in [0.25, 0.3) is 0 Å². The van der Waals surface area contributed by atoms with Crippen molar-refractivity contribution in [2.24, 2.45) is 5.10 Å². The third kappa shape index (κ3) is 6.39. The van der Waals surface area contributed by atoms with Crippen LogP contribution in [0.3, 0.4) is 0 Å². The summed E-state index contributed by atoms with van der Waals surface area (Å²) in [7, 11) is 1.36. The van der Waals surface area contributed by atoms with Gasteiger partial charge in [0.2, 0.25) is 0 Å². The topological polar surface area (TPSA) is 129 Å². The van der Waals surface area contributed by atoms with Crippen molar-refractivity contribution in [3.8, 4) is 11.5 Å². The number of nitrogens with one attached hydrogen (secondary N) is 1. The average molecular weight is 525 g/mol. The van der Waals surface area contributed by atoms with Crippen LogP contribution in [0.1, 0.15) is 16.7 Å². The molecule has 0 aromatic heterocycles. The highest BCUT2D eigenvalue weighted by atomic mass is 35.5. The third-order valence-corrected chi connectivity index (χ3v) is 4.96. The number of non-ortho nitro benzene ring substituents is 1. The van der Waals surface area contributed by atoms with E-state index < -0.39 is 27.3 Å². The van der Waals surface area contributed by atoms with E-state index in [-0.39, 0.29) is 34.5 Å². The van der Waals surface area contributed by atoms with Crippen LogP contribution in [0.15, 0.2) is 59.7 Å². The van der Waals surface area contributed by atoms with E-state index in [1.54, 1.807) is 6.07 Å². The quantitative estimate of drug-likeness (QED) is 0.200. The van der Waals surface area contributed by atoms with Crippen molar-refractivity contribution in [3.05, 3.63) is 96.5 Å². The third-order valence-electron chi connectivity index (χ3n) is 4.68. The molecular formula is C22H16ClF3N4O6. The highest BCUT2D eigenvalue weighted by Gasteiger charge is 2.33. The summed E-state index contributed by atoms with van der Waals surface area (Å²) in [5.41, 5.74) is 0.929. The first-order valence-corrected chi connectivity index (χ1v) is 10.3. The molecule has 0 saturated carbocycles. The smallest absolute Gasteiger partial charge is 0.416 e. The number of nitrogens with zero attached hydrogens (tertiary/aromatic N) is 3. The Balaban J connectivity index is 1.77. The van der Waals surface area contributed by atoms with Crippen LogP contribution >= 0.6 is 11.6 Å². The minimum Gasteiger partial charge on any atom is -0.493 e. The summed E-state index contributed by atoms with van der Waals surface area (Å²) in [4.78, 5) is 20.6. The zero-order valence-electron chi connectivity index (χ0n) is 18.3. The minimum atomic E-state index is -4.74. The van der Waals surface area contributed by atoms with Crippen molar-refractivity contribution in [3.63, 3.8) is 0 Å². The van der Waals surface area contributed by atoms with E-state index in [1.807, 2.05) is 0 Å². The molecule has 0 atom stereocenters. The van der Waals surface area contributed by atoms with Gasteiger partial charge >= 0.3 is 6.18 Å². The molecule has 0 fully saturated rings. The molecule has 0 radical (unpaired) electrons. The van der Waals surface area contributed by atoms with Crippen molar-refractivity contribution >= 4 is 34.9 Å². The number of alkyl halides is 3. The van der Waals surface area contributed by atoms with E-state index in [2.05, 4.69) is 10.5 Å². The number of anilines is 1. The zero-order valence-corrected chi connectivity index (χ0v) is 19.0. The maximum atomic E-state index is 12.8. The SMILES string of the molecule is COc1cc(/C=N\Nc2ccc(C(F)(F)F)cc2[N+](=O)[O-])cc(Cl)c1OCc1cccc([N+](=O)[O-])c1. The Hall–Kier alpha value is -4.39. The van der Waals surface area contributed by atoms with Crippen molar-refractivity contribution in [2.75, 3.05) is 12.5 Å². The second kappa shape index (κ2) is 10.9. The number of halogens is 4. The Kier molecular flexibility index (Phi) is 7.94. The van der Waals surface area contributed by atoms with Gasteiger partial charge in [-0.15, -0.1) is 0 Å². The highest BCUT2D eigenvalue weighted by molar-refractivity contribution is 6.32. The lowest BCUT2D eigenvalue weighted by atomic mass is 10.1. The molecule has 188 valence electrons. The van der Waals surface area contributed by atoms with E-state index in [4.69, 9.17) is 21.1 Å². The second-order valence-corrected chi connectivity index (χ2v) is 7.51. The van der Waals surface area contributed by atoms with Crippen LogP contribution in [-0.4, -0.2) is 23.2 Å². The molecule has 0 spiro atoms. The largest absolute Gasteiger partial charge is 0.493 e. The molecular weight excluding hydrogens is 509 g/mol. The number of nitro groups is 2. The Labute approximate surface area is 206 Å². The summed E-state index contributed by atoms with van der Waals surface area (Å²) in [5, 5.41) is 26.1. The maximum absolute atomic E-state index is 12.8. The van der Waals surface area contributed by atoms with Crippen molar-refractivity contribution in [1.82, 2.24) is 0 Å². The van der Waals surface area contributed by atoms with Crippen molar-refractivity contribution in [1.29, 1.82) is 0 Å². The lowest BCUT2D eigenvalue weighted by Crippen LogP contribution is -2.06. The van der Waals surface area contributed by atoms with Gasteiger partial charge in [-0.2, -0.15) is 18.3 Å². The zero-order chi connectivity index (χ0) is 26.5. The van der Waals surface area contributed by atoms with Crippen molar-refractivity contribution in [2.45, 2.75) is 12.8 Å². The molecule has 0 heterocycles. The van der Waals surface area contributed by atoms with Crippen LogP contribution in [0.5, 0.6) is 11.5 Å². The fraction of sp³-hybridized carbons (Fsp3) is 0.136. The summed E-state index contributed by atoms with van der Waals surface area (Å²) >= 11 is 6.29.